The second-order valence-electron chi connectivity index (χ2n) is 6.34. The molecule has 0 bridgehead atoms. The normalized spacial score (nSPS) is 23.5. The van der Waals surface area contributed by atoms with Gasteiger partial charge in [0.15, 0.2) is 0 Å². The van der Waals surface area contributed by atoms with Gasteiger partial charge < -0.3 is 10.2 Å². The first kappa shape index (κ1) is 14.8. The minimum Gasteiger partial charge on any atom is -0.349 e. The number of nitrogens with zero attached hydrogens (tertiary/aromatic N) is 2. The van der Waals surface area contributed by atoms with Crippen LogP contribution in [0, 0.1) is 0 Å². The number of piperazine rings is 1. The first-order chi connectivity index (χ1) is 9.14. The zero-order chi connectivity index (χ0) is 13.7. The van der Waals surface area contributed by atoms with E-state index in [0.29, 0.717) is 12.0 Å². The van der Waals surface area contributed by atoms with Gasteiger partial charge in [-0.25, -0.2) is 0 Å². The highest BCUT2D eigenvalue weighted by atomic mass is 16.2. The number of nitrogens with one attached hydrogen (secondary N) is 1. The first-order valence-electron chi connectivity index (χ1n) is 7.80. The van der Waals surface area contributed by atoms with Crippen LogP contribution in [0.2, 0.25) is 0 Å². The summed E-state index contributed by atoms with van der Waals surface area (Å²) >= 11 is 0. The zero-order valence-corrected chi connectivity index (χ0v) is 12.6. The molecule has 2 rings (SSSR count). The van der Waals surface area contributed by atoms with Crippen LogP contribution < -0.4 is 5.32 Å². The Morgan fingerprint density at radius 3 is 2.68 bits per heavy atom. The van der Waals surface area contributed by atoms with Gasteiger partial charge in [0.05, 0.1) is 0 Å². The topological polar surface area (TPSA) is 35.6 Å². The minimum absolute atomic E-state index is 0.257. The maximum Gasteiger partial charge on any atom is 0.222 e. The van der Waals surface area contributed by atoms with Crippen LogP contribution in [-0.4, -0.2) is 61.5 Å². The molecule has 0 aromatic rings. The van der Waals surface area contributed by atoms with Gasteiger partial charge >= 0.3 is 0 Å². The van der Waals surface area contributed by atoms with Crippen molar-refractivity contribution >= 4 is 5.91 Å². The van der Waals surface area contributed by atoms with Crippen LogP contribution in [0.4, 0.5) is 0 Å². The van der Waals surface area contributed by atoms with E-state index in [1.807, 2.05) is 14.1 Å². The second kappa shape index (κ2) is 6.71. The summed E-state index contributed by atoms with van der Waals surface area (Å²) in [4.78, 5) is 16.0. The number of carbonyl (C=O) groups excluding carboxylic acids is 1. The Morgan fingerprint density at radius 2 is 2.00 bits per heavy atom. The summed E-state index contributed by atoms with van der Waals surface area (Å²) in [7, 11) is 3.69. The summed E-state index contributed by atoms with van der Waals surface area (Å²) in [5.74, 6) is 0.257. The molecule has 0 aromatic heterocycles. The van der Waals surface area contributed by atoms with Crippen LogP contribution in [0.1, 0.15) is 44.9 Å². The molecule has 1 amide bonds. The molecule has 0 radical (unpaired) electrons. The zero-order valence-electron chi connectivity index (χ0n) is 12.6. The fraction of sp³-hybridized carbons (Fsp3) is 0.933. The van der Waals surface area contributed by atoms with Crippen molar-refractivity contribution in [1.29, 1.82) is 0 Å². The van der Waals surface area contributed by atoms with Crippen LogP contribution >= 0.6 is 0 Å². The lowest BCUT2D eigenvalue weighted by molar-refractivity contribution is -0.129. The monoisotopic (exact) mass is 267 g/mol. The highest BCUT2D eigenvalue weighted by Crippen LogP contribution is 2.34. The fourth-order valence-corrected chi connectivity index (χ4v) is 3.58. The van der Waals surface area contributed by atoms with Gasteiger partial charge in [-0.15, -0.1) is 0 Å². The fourth-order valence-electron chi connectivity index (χ4n) is 3.58. The molecule has 1 aliphatic heterocycles. The molecule has 1 saturated carbocycles. The van der Waals surface area contributed by atoms with Crippen molar-refractivity contribution in [1.82, 2.24) is 15.1 Å². The molecule has 19 heavy (non-hydrogen) atoms. The Hall–Kier alpha value is -0.610. The van der Waals surface area contributed by atoms with E-state index in [-0.39, 0.29) is 5.91 Å². The van der Waals surface area contributed by atoms with Crippen LogP contribution in [0.3, 0.4) is 0 Å². The Bertz CT molecular complexity index is 290. The maximum atomic E-state index is 11.6. The average molecular weight is 267 g/mol. The molecule has 4 heteroatoms. The average Bonchev–Trinajstić information content (AvgIpc) is 2.42. The predicted molar refractivity (Wildman–Crippen MR) is 78.2 cm³/mol. The summed E-state index contributed by atoms with van der Waals surface area (Å²) < 4.78 is 0. The van der Waals surface area contributed by atoms with E-state index in [2.05, 4.69) is 10.2 Å². The Morgan fingerprint density at radius 1 is 1.26 bits per heavy atom. The van der Waals surface area contributed by atoms with E-state index < -0.39 is 0 Å². The Balaban J connectivity index is 1.84. The lowest BCUT2D eigenvalue weighted by atomic mass is 9.79. The lowest BCUT2D eigenvalue weighted by Gasteiger charge is -2.50. The van der Waals surface area contributed by atoms with Crippen LogP contribution in [0.25, 0.3) is 0 Å². The largest absolute Gasteiger partial charge is 0.349 e. The van der Waals surface area contributed by atoms with E-state index >= 15 is 0 Å². The molecule has 110 valence electrons. The molecule has 0 aromatic carbocycles. The number of hydrogen-bond acceptors (Lipinski definition) is 3. The van der Waals surface area contributed by atoms with E-state index in [9.17, 15) is 4.79 Å². The SMILES string of the molecule is CN(C)C(=O)CCCN1CCNCC12CCCCC2. The molecule has 0 atom stereocenters. The van der Waals surface area contributed by atoms with Crippen LogP contribution in [0.5, 0.6) is 0 Å². The molecule has 1 aliphatic carbocycles. The van der Waals surface area contributed by atoms with E-state index in [4.69, 9.17) is 0 Å². The third kappa shape index (κ3) is 3.69. The van der Waals surface area contributed by atoms with Crippen molar-refractivity contribution in [3.05, 3.63) is 0 Å². The standard InChI is InChI=1S/C15H29N3O/c1-17(2)14(19)7-6-11-18-12-10-16-13-15(18)8-4-3-5-9-15/h16H,3-13H2,1-2H3. The molecule has 1 heterocycles. The molecule has 1 saturated heterocycles. The van der Waals surface area contributed by atoms with Crippen LogP contribution in [0.15, 0.2) is 0 Å². The lowest BCUT2D eigenvalue weighted by Crippen LogP contribution is -2.62. The van der Waals surface area contributed by atoms with Crippen molar-refractivity contribution in [2.75, 3.05) is 40.3 Å². The summed E-state index contributed by atoms with van der Waals surface area (Å²) in [5.41, 5.74) is 0.400. The van der Waals surface area contributed by atoms with Gasteiger partial charge in [-0.2, -0.15) is 0 Å². The van der Waals surface area contributed by atoms with Crippen molar-refractivity contribution in [2.24, 2.45) is 0 Å². The Labute approximate surface area is 117 Å². The van der Waals surface area contributed by atoms with Crippen molar-refractivity contribution in [3.8, 4) is 0 Å². The van der Waals surface area contributed by atoms with E-state index in [1.54, 1.807) is 4.90 Å². The Kier molecular flexibility index (Phi) is 5.22. The molecular formula is C15H29N3O. The third-order valence-electron chi connectivity index (χ3n) is 4.79. The summed E-state index contributed by atoms with van der Waals surface area (Å²) in [5, 5.41) is 3.58. The molecule has 0 unspecified atom stereocenters. The van der Waals surface area contributed by atoms with Gasteiger partial charge in [0.1, 0.15) is 0 Å². The number of hydrogen-bond donors (Lipinski definition) is 1. The number of carbonyl (C=O) groups is 1. The predicted octanol–water partition coefficient (Wildman–Crippen LogP) is 1.46. The molecule has 2 aliphatic rings. The first-order valence-corrected chi connectivity index (χ1v) is 7.80. The van der Waals surface area contributed by atoms with Crippen molar-refractivity contribution in [2.45, 2.75) is 50.5 Å². The van der Waals surface area contributed by atoms with Gasteiger partial charge in [-0.1, -0.05) is 19.3 Å². The molecular weight excluding hydrogens is 238 g/mol. The molecule has 4 nitrogen and oxygen atoms in total. The van der Waals surface area contributed by atoms with Gasteiger partial charge in [-0.3, -0.25) is 9.69 Å². The highest BCUT2D eigenvalue weighted by molar-refractivity contribution is 5.75. The van der Waals surface area contributed by atoms with Crippen molar-refractivity contribution < 1.29 is 4.79 Å². The number of amides is 1. The van der Waals surface area contributed by atoms with E-state index in [0.717, 1.165) is 32.6 Å². The summed E-state index contributed by atoms with van der Waals surface area (Å²) in [6.07, 6.45) is 8.49. The second-order valence-corrected chi connectivity index (χ2v) is 6.34. The smallest absolute Gasteiger partial charge is 0.222 e. The number of rotatable bonds is 4. The van der Waals surface area contributed by atoms with Gasteiger partial charge in [-0.05, 0) is 25.8 Å². The van der Waals surface area contributed by atoms with E-state index in [1.165, 1.54) is 32.1 Å². The highest BCUT2D eigenvalue weighted by Gasteiger charge is 2.39. The van der Waals surface area contributed by atoms with Gasteiger partial charge in [0.2, 0.25) is 5.91 Å². The van der Waals surface area contributed by atoms with Crippen molar-refractivity contribution in [3.63, 3.8) is 0 Å². The van der Waals surface area contributed by atoms with Crippen LogP contribution in [-0.2, 0) is 4.79 Å². The minimum atomic E-state index is 0.257. The molecule has 1 spiro atoms. The summed E-state index contributed by atoms with van der Waals surface area (Å²) in [6.45, 7) is 4.48. The van der Waals surface area contributed by atoms with Gasteiger partial charge in [0, 0.05) is 45.7 Å². The maximum absolute atomic E-state index is 11.6. The quantitative estimate of drug-likeness (QED) is 0.838. The molecule has 2 fully saturated rings. The van der Waals surface area contributed by atoms with Gasteiger partial charge in [0.25, 0.3) is 0 Å². The molecule has 1 N–H and O–H groups in total. The summed E-state index contributed by atoms with van der Waals surface area (Å²) in [6, 6.07) is 0. The third-order valence-corrected chi connectivity index (χ3v) is 4.79.